The van der Waals surface area contributed by atoms with Gasteiger partial charge in [-0.15, -0.1) is 0 Å². The van der Waals surface area contributed by atoms with Gasteiger partial charge in [0.2, 0.25) is 11.8 Å². The summed E-state index contributed by atoms with van der Waals surface area (Å²) in [6.07, 6.45) is 2.48. The fourth-order valence-electron chi connectivity index (χ4n) is 5.21. The second-order valence-corrected chi connectivity index (χ2v) is 9.36. The third kappa shape index (κ3) is 5.32. The summed E-state index contributed by atoms with van der Waals surface area (Å²) >= 11 is 0. The first-order valence-corrected chi connectivity index (χ1v) is 12.6. The van der Waals surface area contributed by atoms with E-state index in [-0.39, 0.29) is 30.2 Å². The molecule has 0 bridgehead atoms. The molecule has 2 aromatic carbocycles. The number of benzene rings is 2. The minimum Gasteiger partial charge on any atom is -0.497 e. The van der Waals surface area contributed by atoms with E-state index in [0.29, 0.717) is 48.9 Å². The number of methoxy groups -OCH3 is 2. The van der Waals surface area contributed by atoms with E-state index in [4.69, 9.17) is 9.47 Å². The predicted octanol–water partition coefficient (Wildman–Crippen LogP) is 3.60. The van der Waals surface area contributed by atoms with Crippen molar-refractivity contribution in [1.82, 2.24) is 9.80 Å². The number of ether oxygens (including phenoxy) is 2. The van der Waals surface area contributed by atoms with Crippen molar-refractivity contribution in [2.75, 3.05) is 45.3 Å². The molecule has 4 rings (SSSR count). The molecule has 2 saturated heterocycles. The Morgan fingerprint density at radius 2 is 1.75 bits per heavy atom. The second kappa shape index (κ2) is 11.5. The average Bonchev–Trinajstić information content (AvgIpc) is 3.32. The summed E-state index contributed by atoms with van der Waals surface area (Å²) in [6.45, 7) is 4.24. The third-order valence-corrected chi connectivity index (χ3v) is 7.11. The standard InChI is InChI=1S/C28H35N3O5/c1-4-14-30(22-12-15-29(16-13-22)27(33)20-8-6-5-7-9-20)28(34)21-17-26(32)31(19-21)24-18-23(35-2)10-11-25(24)36-3/h5-11,18,21-22H,4,12-17,19H2,1-3H3. The molecule has 8 heteroatoms. The molecule has 0 N–H and O–H groups in total. The maximum absolute atomic E-state index is 13.7. The van der Waals surface area contributed by atoms with Crippen LogP contribution in [0, 0.1) is 5.92 Å². The van der Waals surface area contributed by atoms with Crippen molar-refractivity contribution in [3.05, 3.63) is 54.1 Å². The molecule has 2 fully saturated rings. The molecule has 0 spiro atoms. The molecule has 0 radical (unpaired) electrons. The van der Waals surface area contributed by atoms with Crippen LogP contribution in [0.1, 0.15) is 43.0 Å². The maximum atomic E-state index is 13.7. The van der Waals surface area contributed by atoms with E-state index in [2.05, 4.69) is 6.92 Å². The van der Waals surface area contributed by atoms with Crippen molar-refractivity contribution >= 4 is 23.4 Å². The number of rotatable bonds is 8. The Bertz CT molecular complexity index is 1080. The summed E-state index contributed by atoms with van der Waals surface area (Å²) in [5.41, 5.74) is 1.31. The summed E-state index contributed by atoms with van der Waals surface area (Å²) in [4.78, 5) is 45.0. The molecule has 36 heavy (non-hydrogen) atoms. The third-order valence-electron chi connectivity index (χ3n) is 7.11. The van der Waals surface area contributed by atoms with Gasteiger partial charge in [-0.25, -0.2) is 0 Å². The molecule has 0 saturated carbocycles. The molecule has 2 aromatic rings. The lowest BCUT2D eigenvalue weighted by molar-refractivity contribution is -0.139. The van der Waals surface area contributed by atoms with Gasteiger partial charge in [0.05, 0.1) is 25.8 Å². The van der Waals surface area contributed by atoms with E-state index in [9.17, 15) is 14.4 Å². The second-order valence-electron chi connectivity index (χ2n) is 9.36. The zero-order valence-corrected chi connectivity index (χ0v) is 21.3. The largest absolute Gasteiger partial charge is 0.497 e. The molecule has 1 atom stereocenters. The smallest absolute Gasteiger partial charge is 0.253 e. The van der Waals surface area contributed by atoms with Gasteiger partial charge >= 0.3 is 0 Å². The van der Waals surface area contributed by atoms with Gasteiger partial charge in [0.15, 0.2) is 0 Å². The predicted molar refractivity (Wildman–Crippen MR) is 137 cm³/mol. The lowest BCUT2D eigenvalue weighted by Crippen LogP contribution is -2.50. The quantitative estimate of drug-likeness (QED) is 0.562. The minimum atomic E-state index is -0.413. The molecule has 2 aliphatic heterocycles. The first kappa shape index (κ1) is 25.5. The molecule has 8 nitrogen and oxygen atoms in total. The van der Waals surface area contributed by atoms with Crippen LogP contribution >= 0.6 is 0 Å². The number of hydrogen-bond donors (Lipinski definition) is 0. The molecular formula is C28H35N3O5. The summed E-state index contributed by atoms with van der Waals surface area (Å²) in [5, 5.41) is 0. The average molecular weight is 494 g/mol. The van der Waals surface area contributed by atoms with Crippen molar-refractivity contribution in [2.24, 2.45) is 5.92 Å². The summed E-state index contributed by atoms with van der Waals surface area (Å²) in [5.74, 6) is 0.730. The Morgan fingerprint density at radius 1 is 1.03 bits per heavy atom. The number of carbonyl (C=O) groups is 3. The van der Waals surface area contributed by atoms with Crippen molar-refractivity contribution in [3.63, 3.8) is 0 Å². The highest BCUT2D eigenvalue weighted by Gasteiger charge is 2.40. The normalized spacial score (nSPS) is 18.3. The van der Waals surface area contributed by atoms with Gasteiger partial charge in [0.25, 0.3) is 5.91 Å². The first-order chi connectivity index (χ1) is 17.5. The molecule has 0 aliphatic carbocycles. The molecule has 2 aliphatic rings. The molecular weight excluding hydrogens is 458 g/mol. The highest BCUT2D eigenvalue weighted by Crippen LogP contribution is 2.36. The maximum Gasteiger partial charge on any atom is 0.253 e. The lowest BCUT2D eigenvalue weighted by Gasteiger charge is -2.39. The Hall–Kier alpha value is -3.55. The number of anilines is 1. The number of nitrogens with zero attached hydrogens (tertiary/aromatic N) is 3. The Labute approximate surface area is 212 Å². The van der Waals surface area contributed by atoms with Crippen molar-refractivity contribution in [1.29, 1.82) is 0 Å². The van der Waals surface area contributed by atoms with Gasteiger partial charge in [-0.2, -0.15) is 0 Å². The minimum absolute atomic E-state index is 0.0161. The van der Waals surface area contributed by atoms with Crippen molar-refractivity contribution in [2.45, 2.75) is 38.6 Å². The Kier molecular flexibility index (Phi) is 8.13. The molecule has 192 valence electrons. The van der Waals surface area contributed by atoms with E-state index < -0.39 is 5.92 Å². The number of piperidine rings is 1. The highest BCUT2D eigenvalue weighted by molar-refractivity contribution is 6.01. The number of hydrogen-bond acceptors (Lipinski definition) is 5. The summed E-state index contributed by atoms with van der Waals surface area (Å²) in [6, 6.07) is 14.7. The SMILES string of the molecule is CCCN(C(=O)C1CC(=O)N(c2cc(OC)ccc2OC)C1)C1CCN(C(=O)c2ccccc2)CC1. The zero-order chi connectivity index (χ0) is 25.7. The van der Waals surface area contributed by atoms with E-state index in [1.54, 1.807) is 37.3 Å². The summed E-state index contributed by atoms with van der Waals surface area (Å²) in [7, 11) is 3.14. The van der Waals surface area contributed by atoms with Crippen LogP contribution in [0.25, 0.3) is 0 Å². The van der Waals surface area contributed by atoms with Crippen LogP contribution in [0.3, 0.4) is 0 Å². The van der Waals surface area contributed by atoms with Gasteiger partial charge in [-0.3, -0.25) is 14.4 Å². The fraction of sp³-hybridized carbons (Fsp3) is 0.464. The van der Waals surface area contributed by atoms with Gasteiger partial charge in [-0.1, -0.05) is 25.1 Å². The van der Waals surface area contributed by atoms with Gasteiger partial charge < -0.3 is 24.2 Å². The van der Waals surface area contributed by atoms with Crippen LogP contribution < -0.4 is 14.4 Å². The topological polar surface area (TPSA) is 79.4 Å². The van der Waals surface area contributed by atoms with Crippen molar-refractivity contribution in [3.8, 4) is 11.5 Å². The van der Waals surface area contributed by atoms with Crippen LogP contribution in [0.5, 0.6) is 11.5 Å². The number of carbonyl (C=O) groups excluding carboxylic acids is 3. The fourth-order valence-corrected chi connectivity index (χ4v) is 5.21. The van der Waals surface area contributed by atoms with E-state index >= 15 is 0 Å². The zero-order valence-electron chi connectivity index (χ0n) is 21.3. The molecule has 2 heterocycles. The van der Waals surface area contributed by atoms with E-state index in [0.717, 1.165) is 19.3 Å². The van der Waals surface area contributed by atoms with Gasteiger partial charge in [0.1, 0.15) is 11.5 Å². The van der Waals surface area contributed by atoms with Gasteiger partial charge in [-0.05, 0) is 43.5 Å². The monoisotopic (exact) mass is 493 g/mol. The first-order valence-electron chi connectivity index (χ1n) is 12.6. The van der Waals surface area contributed by atoms with Crippen LogP contribution in [0.4, 0.5) is 5.69 Å². The van der Waals surface area contributed by atoms with Crippen molar-refractivity contribution < 1.29 is 23.9 Å². The molecule has 1 unspecified atom stereocenters. The van der Waals surface area contributed by atoms with E-state index in [1.165, 1.54) is 0 Å². The number of likely N-dealkylation sites (tertiary alicyclic amines) is 1. The molecule has 3 amide bonds. The Morgan fingerprint density at radius 3 is 2.39 bits per heavy atom. The lowest BCUT2D eigenvalue weighted by atomic mass is 9.98. The van der Waals surface area contributed by atoms with Crippen LogP contribution in [0.2, 0.25) is 0 Å². The highest BCUT2D eigenvalue weighted by atomic mass is 16.5. The Balaban J connectivity index is 1.43. The molecule has 0 aromatic heterocycles. The number of amides is 3. The van der Waals surface area contributed by atoms with Crippen LogP contribution in [-0.2, 0) is 9.59 Å². The van der Waals surface area contributed by atoms with Gasteiger partial charge in [0, 0.05) is 50.3 Å². The summed E-state index contributed by atoms with van der Waals surface area (Å²) < 4.78 is 10.8. The van der Waals surface area contributed by atoms with Crippen LogP contribution in [-0.4, -0.2) is 74.0 Å². The van der Waals surface area contributed by atoms with E-state index in [1.807, 2.05) is 40.1 Å². The van der Waals surface area contributed by atoms with Crippen LogP contribution in [0.15, 0.2) is 48.5 Å².